The molecule has 6 nitrogen and oxygen atoms in total. The summed E-state index contributed by atoms with van der Waals surface area (Å²) in [5, 5.41) is 5.83. The summed E-state index contributed by atoms with van der Waals surface area (Å²) < 4.78 is 12.0. The summed E-state index contributed by atoms with van der Waals surface area (Å²) in [7, 11) is 1.61. The molecule has 5 aromatic carbocycles. The van der Waals surface area contributed by atoms with Crippen LogP contribution in [-0.4, -0.2) is 18.9 Å². The number of anilines is 2. The SMILES string of the molecule is COc1cccc(Oc2ccc(C)c(NC(=O)c3ccccc3)c2)c1.Cc1ccc(Br)cc1NC(=O)c1ccccc1. The van der Waals surface area contributed by atoms with Crippen LogP contribution in [-0.2, 0) is 0 Å². The number of carbonyl (C=O) groups excluding carboxylic acids is 2. The number of hydrogen-bond donors (Lipinski definition) is 2. The third-order valence-corrected chi connectivity index (χ3v) is 6.75. The quantitative estimate of drug-likeness (QED) is 0.190. The van der Waals surface area contributed by atoms with Crippen molar-refractivity contribution in [1.82, 2.24) is 0 Å². The van der Waals surface area contributed by atoms with Crippen LogP contribution >= 0.6 is 15.9 Å². The molecule has 0 aliphatic rings. The molecule has 0 bridgehead atoms. The van der Waals surface area contributed by atoms with Crippen LogP contribution in [0.4, 0.5) is 11.4 Å². The zero-order valence-electron chi connectivity index (χ0n) is 23.6. The van der Waals surface area contributed by atoms with Gasteiger partial charge in [-0.2, -0.15) is 0 Å². The van der Waals surface area contributed by atoms with E-state index < -0.39 is 0 Å². The van der Waals surface area contributed by atoms with Gasteiger partial charge in [-0.1, -0.05) is 70.5 Å². The number of halogens is 1. The lowest BCUT2D eigenvalue weighted by molar-refractivity contribution is 0.101. The van der Waals surface area contributed by atoms with E-state index in [0.29, 0.717) is 28.3 Å². The number of aryl methyl sites for hydroxylation is 2. The van der Waals surface area contributed by atoms with Crippen molar-refractivity contribution in [3.63, 3.8) is 0 Å². The van der Waals surface area contributed by atoms with Gasteiger partial charge in [-0.25, -0.2) is 0 Å². The fourth-order valence-corrected chi connectivity index (χ4v) is 4.26. The Morgan fingerprint density at radius 2 is 1.07 bits per heavy atom. The van der Waals surface area contributed by atoms with Gasteiger partial charge in [0.25, 0.3) is 11.8 Å². The van der Waals surface area contributed by atoms with Gasteiger partial charge in [0, 0.05) is 39.1 Å². The predicted octanol–water partition coefficient (Wildman–Crippen LogP) is 9.06. The fourth-order valence-electron chi connectivity index (χ4n) is 3.90. The highest BCUT2D eigenvalue weighted by molar-refractivity contribution is 9.10. The number of rotatable bonds is 7. The Balaban J connectivity index is 0.000000208. The molecule has 42 heavy (non-hydrogen) atoms. The Bertz CT molecular complexity index is 1660. The van der Waals surface area contributed by atoms with E-state index in [2.05, 4.69) is 26.6 Å². The molecule has 2 amide bonds. The van der Waals surface area contributed by atoms with Crippen molar-refractivity contribution in [2.45, 2.75) is 13.8 Å². The van der Waals surface area contributed by atoms with Gasteiger partial charge in [0.1, 0.15) is 17.2 Å². The molecule has 7 heteroatoms. The monoisotopic (exact) mass is 622 g/mol. The molecule has 0 unspecified atom stereocenters. The van der Waals surface area contributed by atoms with Crippen molar-refractivity contribution in [1.29, 1.82) is 0 Å². The lowest BCUT2D eigenvalue weighted by atomic mass is 10.1. The molecule has 0 saturated heterocycles. The fraction of sp³-hybridized carbons (Fsp3) is 0.0857. The van der Waals surface area contributed by atoms with E-state index in [1.165, 1.54) is 0 Å². The summed E-state index contributed by atoms with van der Waals surface area (Å²) in [6, 6.07) is 37.1. The van der Waals surface area contributed by atoms with Crippen molar-refractivity contribution in [3.05, 3.63) is 148 Å². The van der Waals surface area contributed by atoms with E-state index in [9.17, 15) is 9.59 Å². The first-order valence-corrected chi connectivity index (χ1v) is 14.0. The second kappa shape index (κ2) is 14.7. The molecule has 212 valence electrons. The summed E-state index contributed by atoms with van der Waals surface area (Å²) in [6.07, 6.45) is 0. The first-order valence-electron chi connectivity index (χ1n) is 13.2. The predicted molar refractivity (Wildman–Crippen MR) is 172 cm³/mol. The first-order chi connectivity index (χ1) is 20.3. The van der Waals surface area contributed by atoms with Gasteiger partial charge in [0.2, 0.25) is 0 Å². The second-order valence-corrected chi connectivity index (χ2v) is 10.3. The summed E-state index contributed by atoms with van der Waals surface area (Å²) in [5.41, 5.74) is 4.81. The number of nitrogens with one attached hydrogen (secondary N) is 2. The molecule has 0 aliphatic carbocycles. The zero-order chi connectivity index (χ0) is 29.9. The Kier molecular flexibility index (Phi) is 10.5. The highest BCUT2D eigenvalue weighted by atomic mass is 79.9. The minimum atomic E-state index is -0.151. The highest BCUT2D eigenvalue weighted by Crippen LogP contribution is 2.29. The van der Waals surface area contributed by atoms with E-state index in [4.69, 9.17) is 9.47 Å². The average Bonchev–Trinajstić information content (AvgIpc) is 3.02. The summed E-state index contributed by atoms with van der Waals surface area (Å²) >= 11 is 3.39. The maximum atomic E-state index is 12.4. The number of amides is 2. The Hall–Kier alpha value is -4.88. The lowest BCUT2D eigenvalue weighted by Crippen LogP contribution is -2.12. The van der Waals surface area contributed by atoms with Crippen LogP contribution in [0.5, 0.6) is 17.2 Å². The van der Waals surface area contributed by atoms with Crippen molar-refractivity contribution >= 4 is 39.1 Å². The lowest BCUT2D eigenvalue weighted by Gasteiger charge is -2.12. The maximum absolute atomic E-state index is 12.4. The number of ether oxygens (including phenoxy) is 2. The minimum absolute atomic E-state index is 0.0909. The topological polar surface area (TPSA) is 76.7 Å². The molecular formula is C35H31BrN2O4. The van der Waals surface area contributed by atoms with Crippen molar-refractivity contribution < 1.29 is 19.1 Å². The van der Waals surface area contributed by atoms with Crippen LogP contribution in [0.2, 0.25) is 0 Å². The molecule has 0 aromatic heterocycles. The van der Waals surface area contributed by atoms with Gasteiger partial charge in [0.05, 0.1) is 7.11 Å². The molecule has 0 aliphatic heterocycles. The number of hydrogen-bond acceptors (Lipinski definition) is 4. The minimum Gasteiger partial charge on any atom is -0.497 e. The van der Waals surface area contributed by atoms with Gasteiger partial charge >= 0.3 is 0 Å². The Labute approximate surface area is 254 Å². The number of benzene rings is 5. The molecule has 0 heterocycles. The van der Waals surface area contributed by atoms with E-state index >= 15 is 0 Å². The smallest absolute Gasteiger partial charge is 0.255 e. The summed E-state index contributed by atoms with van der Waals surface area (Å²) in [6.45, 7) is 3.91. The largest absolute Gasteiger partial charge is 0.497 e. The van der Waals surface area contributed by atoms with Crippen molar-refractivity contribution in [3.8, 4) is 17.2 Å². The second-order valence-electron chi connectivity index (χ2n) is 9.36. The van der Waals surface area contributed by atoms with Crippen molar-refractivity contribution in [2.24, 2.45) is 0 Å². The molecule has 2 N–H and O–H groups in total. The average molecular weight is 624 g/mol. The van der Waals surface area contributed by atoms with E-state index in [0.717, 1.165) is 27.0 Å². The zero-order valence-corrected chi connectivity index (χ0v) is 25.1. The van der Waals surface area contributed by atoms with Gasteiger partial charge < -0.3 is 20.1 Å². The van der Waals surface area contributed by atoms with E-state index in [1.54, 1.807) is 31.4 Å². The molecule has 0 spiro atoms. The van der Waals surface area contributed by atoms with Crippen LogP contribution < -0.4 is 20.1 Å². The standard InChI is InChI=1S/C21H19NO3.C14H12BrNO/c1-15-11-12-19(25-18-10-6-9-17(13-18)24-2)14-20(15)22-21(23)16-7-4-3-5-8-16;1-10-7-8-12(15)9-13(10)16-14(17)11-5-3-2-4-6-11/h3-14H,1-2H3,(H,22,23);2-9H,1H3,(H,16,17). The van der Waals surface area contributed by atoms with Crippen LogP contribution in [0.25, 0.3) is 0 Å². The van der Waals surface area contributed by atoms with Gasteiger partial charge in [-0.05, 0) is 79.6 Å². The Morgan fingerprint density at radius 1 is 0.571 bits per heavy atom. The van der Waals surface area contributed by atoms with Gasteiger partial charge in [0.15, 0.2) is 0 Å². The van der Waals surface area contributed by atoms with Crippen LogP contribution in [0, 0.1) is 13.8 Å². The van der Waals surface area contributed by atoms with E-state index in [-0.39, 0.29) is 11.8 Å². The van der Waals surface area contributed by atoms with Gasteiger partial charge in [-0.15, -0.1) is 0 Å². The molecule has 5 rings (SSSR count). The summed E-state index contributed by atoms with van der Waals surface area (Å²) in [5.74, 6) is 1.79. The number of methoxy groups -OCH3 is 1. The van der Waals surface area contributed by atoms with Crippen molar-refractivity contribution in [2.75, 3.05) is 17.7 Å². The molecule has 0 saturated carbocycles. The molecular weight excluding hydrogens is 592 g/mol. The molecule has 5 aromatic rings. The number of carbonyl (C=O) groups is 2. The molecule has 0 fully saturated rings. The van der Waals surface area contributed by atoms with Crippen LogP contribution in [0.3, 0.4) is 0 Å². The Morgan fingerprint density at radius 3 is 1.64 bits per heavy atom. The van der Waals surface area contributed by atoms with Crippen LogP contribution in [0.1, 0.15) is 31.8 Å². The third-order valence-electron chi connectivity index (χ3n) is 6.25. The molecule has 0 radical (unpaired) electrons. The molecule has 0 atom stereocenters. The van der Waals surface area contributed by atoms with E-state index in [1.807, 2.05) is 111 Å². The third kappa shape index (κ3) is 8.56. The summed E-state index contributed by atoms with van der Waals surface area (Å²) in [4.78, 5) is 24.3. The van der Waals surface area contributed by atoms with Gasteiger partial charge in [-0.3, -0.25) is 9.59 Å². The highest BCUT2D eigenvalue weighted by Gasteiger charge is 2.10. The van der Waals surface area contributed by atoms with Crippen LogP contribution in [0.15, 0.2) is 126 Å². The first kappa shape index (κ1) is 30.1. The normalized spacial score (nSPS) is 10.1. The maximum Gasteiger partial charge on any atom is 0.255 e.